The lowest BCUT2D eigenvalue weighted by Gasteiger charge is -2.17. The van der Waals surface area contributed by atoms with E-state index in [1.54, 1.807) is 18.2 Å². The molecule has 1 aliphatic heterocycles. The minimum atomic E-state index is -1.23. The van der Waals surface area contributed by atoms with Crippen LogP contribution in [0.4, 0.5) is 4.39 Å². The fraction of sp³-hybridized carbons (Fsp3) is 0.333. The number of carboxylic acids is 1. The third-order valence-electron chi connectivity index (χ3n) is 2.87. The summed E-state index contributed by atoms with van der Waals surface area (Å²) < 4.78 is 13.4. The maximum atomic E-state index is 13.4. The first-order chi connectivity index (χ1) is 8.08. The summed E-state index contributed by atoms with van der Waals surface area (Å²) in [5, 5.41) is 10.6. The largest absolute Gasteiger partial charge is 0.550 e. The van der Waals surface area contributed by atoms with E-state index in [9.17, 15) is 19.1 Å². The van der Waals surface area contributed by atoms with Gasteiger partial charge in [-0.1, -0.05) is 18.2 Å². The molecule has 0 bridgehead atoms. The third-order valence-corrected chi connectivity index (χ3v) is 2.87. The van der Waals surface area contributed by atoms with E-state index in [2.05, 4.69) is 0 Å². The van der Waals surface area contributed by atoms with Gasteiger partial charge in [-0.3, -0.25) is 4.79 Å². The van der Waals surface area contributed by atoms with Crippen molar-refractivity contribution in [3.63, 3.8) is 0 Å². The van der Waals surface area contributed by atoms with E-state index in [4.69, 9.17) is 0 Å². The maximum absolute atomic E-state index is 13.4. The molecule has 1 saturated heterocycles. The minimum Gasteiger partial charge on any atom is -0.550 e. The lowest BCUT2D eigenvalue weighted by atomic mass is 10.1. The average Bonchev–Trinajstić information content (AvgIpc) is 2.64. The van der Waals surface area contributed by atoms with Crippen LogP contribution in [-0.2, 0) is 16.1 Å². The van der Waals surface area contributed by atoms with Gasteiger partial charge >= 0.3 is 0 Å². The van der Waals surface area contributed by atoms with Crippen LogP contribution in [-0.4, -0.2) is 23.3 Å². The first-order valence-corrected chi connectivity index (χ1v) is 5.30. The molecular weight excluding hydrogens is 225 g/mol. The monoisotopic (exact) mass is 236 g/mol. The van der Waals surface area contributed by atoms with Gasteiger partial charge in [0.25, 0.3) is 0 Å². The molecule has 1 amide bonds. The summed E-state index contributed by atoms with van der Waals surface area (Å²) in [7, 11) is 0. The van der Waals surface area contributed by atoms with E-state index in [1.165, 1.54) is 11.0 Å². The van der Waals surface area contributed by atoms with Crippen LogP contribution in [0.5, 0.6) is 0 Å². The molecule has 4 nitrogen and oxygen atoms in total. The molecule has 0 N–H and O–H groups in total. The number of halogens is 1. The summed E-state index contributed by atoms with van der Waals surface area (Å²) in [6, 6.07) is 6.13. The predicted molar refractivity (Wildman–Crippen MR) is 54.9 cm³/mol. The van der Waals surface area contributed by atoms with Crippen molar-refractivity contribution in [3.05, 3.63) is 35.6 Å². The Labute approximate surface area is 97.7 Å². The highest BCUT2D eigenvalue weighted by Crippen LogP contribution is 2.20. The van der Waals surface area contributed by atoms with Crippen LogP contribution in [0.15, 0.2) is 24.3 Å². The van der Waals surface area contributed by atoms with E-state index in [0.29, 0.717) is 5.56 Å². The number of hydrogen-bond donors (Lipinski definition) is 0. The van der Waals surface area contributed by atoms with Crippen molar-refractivity contribution in [3.8, 4) is 0 Å². The second kappa shape index (κ2) is 4.53. The third kappa shape index (κ3) is 2.43. The maximum Gasteiger partial charge on any atom is 0.223 e. The van der Waals surface area contributed by atoms with Crippen LogP contribution >= 0.6 is 0 Å². The van der Waals surface area contributed by atoms with Gasteiger partial charge in [-0.15, -0.1) is 0 Å². The Hall–Kier alpha value is -1.91. The summed E-state index contributed by atoms with van der Waals surface area (Å²) in [6.07, 6.45) is -0.0587. The van der Waals surface area contributed by atoms with Crippen LogP contribution in [0.25, 0.3) is 0 Å². The van der Waals surface area contributed by atoms with Gasteiger partial charge in [-0.2, -0.15) is 0 Å². The van der Waals surface area contributed by atoms with Crippen LogP contribution in [0, 0.1) is 11.7 Å². The molecule has 1 fully saturated rings. The lowest BCUT2D eigenvalue weighted by Crippen LogP contribution is -2.33. The molecule has 0 saturated carbocycles. The van der Waals surface area contributed by atoms with Crippen molar-refractivity contribution in [2.24, 2.45) is 5.92 Å². The van der Waals surface area contributed by atoms with Crippen molar-refractivity contribution in [2.75, 3.05) is 6.54 Å². The molecule has 2 rings (SSSR count). The number of carbonyl (C=O) groups excluding carboxylic acids is 2. The number of carboxylic acid groups (broad SMARTS) is 1. The van der Waals surface area contributed by atoms with Gasteiger partial charge in [0.1, 0.15) is 5.82 Å². The molecule has 90 valence electrons. The number of hydrogen-bond acceptors (Lipinski definition) is 3. The molecule has 1 aliphatic rings. The topological polar surface area (TPSA) is 60.4 Å². The van der Waals surface area contributed by atoms with Crippen molar-refractivity contribution < 1.29 is 19.1 Å². The molecule has 5 heteroatoms. The Morgan fingerprint density at radius 3 is 2.76 bits per heavy atom. The molecule has 1 aromatic rings. The zero-order chi connectivity index (χ0) is 12.4. The number of likely N-dealkylation sites (tertiary alicyclic amines) is 1. The van der Waals surface area contributed by atoms with Crippen molar-refractivity contribution in [1.82, 2.24) is 4.90 Å². The number of aliphatic carboxylic acids is 1. The summed E-state index contributed by atoms with van der Waals surface area (Å²) in [5.74, 6) is -2.68. The normalized spacial score (nSPS) is 19.7. The predicted octanol–water partition coefficient (Wildman–Crippen LogP) is -0.0759. The lowest BCUT2D eigenvalue weighted by molar-refractivity contribution is -0.311. The molecule has 1 atom stereocenters. The second-order valence-electron chi connectivity index (χ2n) is 4.09. The van der Waals surface area contributed by atoms with E-state index in [1.807, 2.05) is 0 Å². The van der Waals surface area contributed by atoms with E-state index in [0.717, 1.165) is 0 Å². The summed E-state index contributed by atoms with van der Waals surface area (Å²) in [4.78, 5) is 23.5. The van der Waals surface area contributed by atoms with Gasteiger partial charge < -0.3 is 14.8 Å². The molecular formula is C12H11FNO3-. The molecule has 1 heterocycles. The number of amides is 1. The van der Waals surface area contributed by atoms with E-state index in [-0.39, 0.29) is 25.4 Å². The fourth-order valence-corrected chi connectivity index (χ4v) is 1.92. The van der Waals surface area contributed by atoms with Gasteiger partial charge in [-0.25, -0.2) is 4.39 Å². The fourth-order valence-electron chi connectivity index (χ4n) is 1.92. The molecule has 0 aromatic heterocycles. The van der Waals surface area contributed by atoms with Crippen molar-refractivity contribution >= 4 is 11.9 Å². The van der Waals surface area contributed by atoms with E-state index < -0.39 is 17.7 Å². The quantitative estimate of drug-likeness (QED) is 0.737. The number of nitrogens with zero attached hydrogens (tertiary/aromatic N) is 1. The SMILES string of the molecule is O=C([O-])[C@@H]1CC(=O)N(Cc2ccccc2F)C1. The van der Waals surface area contributed by atoms with Crippen LogP contribution in [0.1, 0.15) is 12.0 Å². The summed E-state index contributed by atoms with van der Waals surface area (Å²) in [6.45, 7) is 0.199. The average molecular weight is 236 g/mol. The molecule has 0 spiro atoms. The number of rotatable bonds is 3. The van der Waals surface area contributed by atoms with Crippen LogP contribution in [0.3, 0.4) is 0 Å². The van der Waals surface area contributed by atoms with Crippen LogP contribution in [0.2, 0.25) is 0 Å². The Kier molecular flexibility index (Phi) is 3.08. The highest BCUT2D eigenvalue weighted by Gasteiger charge is 2.30. The first kappa shape index (κ1) is 11.6. The van der Waals surface area contributed by atoms with Gasteiger partial charge in [0, 0.05) is 37.0 Å². The van der Waals surface area contributed by atoms with Gasteiger partial charge in [0.05, 0.1) is 0 Å². The molecule has 17 heavy (non-hydrogen) atoms. The molecule has 0 aliphatic carbocycles. The summed E-state index contributed by atoms with van der Waals surface area (Å²) >= 11 is 0. The zero-order valence-electron chi connectivity index (χ0n) is 9.06. The Morgan fingerprint density at radius 1 is 1.47 bits per heavy atom. The number of carbonyl (C=O) groups is 2. The van der Waals surface area contributed by atoms with Crippen LogP contribution < -0.4 is 5.11 Å². The van der Waals surface area contributed by atoms with Gasteiger partial charge in [-0.05, 0) is 6.07 Å². The number of benzene rings is 1. The smallest absolute Gasteiger partial charge is 0.223 e. The second-order valence-corrected chi connectivity index (χ2v) is 4.09. The van der Waals surface area contributed by atoms with Gasteiger partial charge in [0.15, 0.2) is 0 Å². The molecule has 0 unspecified atom stereocenters. The molecule has 0 radical (unpaired) electrons. The highest BCUT2D eigenvalue weighted by molar-refractivity contribution is 5.85. The Balaban J connectivity index is 2.08. The highest BCUT2D eigenvalue weighted by atomic mass is 19.1. The minimum absolute atomic E-state index is 0.0587. The summed E-state index contributed by atoms with van der Waals surface area (Å²) in [5.41, 5.74) is 0.389. The Morgan fingerprint density at radius 2 is 2.18 bits per heavy atom. The molecule has 1 aromatic carbocycles. The zero-order valence-corrected chi connectivity index (χ0v) is 9.06. The van der Waals surface area contributed by atoms with E-state index >= 15 is 0 Å². The van der Waals surface area contributed by atoms with Crippen molar-refractivity contribution in [1.29, 1.82) is 0 Å². The first-order valence-electron chi connectivity index (χ1n) is 5.30. The standard InChI is InChI=1S/C12H12FNO3/c13-10-4-2-1-3-8(10)6-14-7-9(12(16)17)5-11(14)15/h1-4,9H,5-7H2,(H,16,17)/p-1/t9-/m1/s1. The Bertz CT molecular complexity index is 461. The van der Waals surface area contributed by atoms with Crippen molar-refractivity contribution in [2.45, 2.75) is 13.0 Å². The van der Waals surface area contributed by atoms with Gasteiger partial charge in [0.2, 0.25) is 5.91 Å².